The van der Waals surface area contributed by atoms with Gasteiger partial charge in [-0.2, -0.15) is 0 Å². The molecule has 31 heavy (non-hydrogen) atoms. The lowest BCUT2D eigenvalue weighted by atomic mass is 9.91. The second-order valence-corrected chi connectivity index (χ2v) is 18.1. The van der Waals surface area contributed by atoms with E-state index in [0.29, 0.717) is 17.7 Å². The largest absolute Gasteiger partial charge is 0.411 e. The normalized spacial score (nSPS) is 33.5. The van der Waals surface area contributed by atoms with Crippen molar-refractivity contribution in [1.82, 2.24) is 0 Å². The maximum absolute atomic E-state index is 13.0. The summed E-state index contributed by atoms with van der Waals surface area (Å²) in [5.74, 6) is 0. The average Bonchev–Trinajstić information content (AvgIpc) is 3.27. The van der Waals surface area contributed by atoms with Crippen LogP contribution in [-0.4, -0.2) is 45.6 Å². The van der Waals surface area contributed by atoms with Crippen LogP contribution in [-0.2, 0) is 23.7 Å². The number of ether oxygens (including phenoxy) is 2. The van der Waals surface area contributed by atoms with E-state index in [1.807, 2.05) is 13.0 Å². The number of hydrogen-bond acceptors (Lipinski definition) is 5. The van der Waals surface area contributed by atoms with E-state index in [4.69, 9.17) is 13.9 Å². The van der Waals surface area contributed by atoms with Crippen LogP contribution in [0.15, 0.2) is 35.2 Å². The quantitative estimate of drug-likeness (QED) is 0.501. The van der Waals surface area contributed by atoms with Gasteiger partial charge in [-0.3, -0.25) is 0 Å². The molecule has 1 unspecified atom stereocenters. The highest BCUT2D eigenvalue weighted by atomic mass is 32.2. The van der Waals surface area contributed by atoms with E-state index in [-0.39, 0.29) is 17.2 Å². The van der Waals surface area contributed by atoms with Crippen LogP contribution >= 0.6 is 0 Å². The maximum atomic E-state index is 13.0. The fraction of sp³-hybridized carbons (Fsp3) is 0.750. The van der Waals surface area contributed by atoms with Gasteiger partial charge in [-0.1, -0.05) is 39.0 Å². The van der Waals surface area contributed by atoms with E-state index in [1.54, 1.807) is 24.3 Å². The number of sulfone groups is 1. The van der Waals surface area contributed by atoms with Crippen molar-refractivity contribution in [3.8, 4) is 0 Å². The summed E-state index contributed by atoms with van der Waals surface area (Å²) in [5.41, 5.74) is -1.83. The summed E-state index contributed by atoms with van der Waals surface area (Å²) in [6.07, 6.45) is 2.70. The molecule has 0 saturated carbocycles. The molecule has 2 aliphatic heterocycles. The first-order valence-electron chi connectivity index (χ1n) is 11.4. The van der Waals surface area contributed by atoms with Gasteiger partial charge in [-0.05, 0) is 76.7 Å². The zero-order valence-corrected chi connectivity index (χ0v) is 22.2. The summed E-state index contributed by atoms with van der Waals surface area (Å²) in [7, 11) is -5.44. The SMILES string of the molecule is C[C@@H](O[Si](C)(C)C(C)(C)C)[C@]1(C)CC[C@H]([C@]2(C)CCC(S(=O)(=O)c3ccccc3)O2)O1. The highest BCUT2D eigenvalue weighted by Gasteiger charge is 2.54. The van der Waals surface area contributed by atoms with Crippen LogP contribution in [0.3, 0.4) is 0 Å². The molecule has 2 heterocycles. The predicted molar refractivity (Wildman–Crippen MR) is 126 cm³/mol. The maximum Gasteiger partial charge on any atom is 0.205 e. The number of hydrogen-bond donors (Lipinski definition) is 0. The summed E-state index contributed by atoms with van der Waals surface area (Å²) in [6.45, 7) is 17.5. The lowest BCUT2D eigenvalue weighted by Crippen LogP contribution is -2.51. The minimum absolute atomic E-state index is 0.0350. The van der Waals surface area contributed by atoms with Gasteiger partial charge in [-0.15, -0.1) is 0 Å². The highest BCUT2D eigenvalue weighted by molar-refractivity contribution is 7.92. The van der Waals surface area contributed by atoms with Crippen LogP contribution in [0, 0.1) is 0 Å². The molecule has 5 atom stereocenters. The number of rotatable bonds is 6. The van der Waals surface area contributed by atoms with Gasteiger partial charge in [0.05, 0.1) is 28.3 Å². The molecular weight excluding hydrogens is 428 g/mol. The van der Waals surface area contributed by atoms with Gasteiger partial charge in [0.2, 0.25) is 9.84 Å². The third kappa shape index (κ3) is 4.81. The van der Waals surface area contributed by atoms with E-state index in [2.05, 4.69) is 47.7 Å². The summed E-state index contributed by atoms with van der Waals surface area (Å²) >= 11 is 0. The van der Waals surface area contributed by atoms with Crippen LogP contribution in [0.4, 0.5) is 0 Å². The molecule has 0 aliphatic carbocycles. The smallest absolute Gasteiger partial charge is 0.205 e. The van der Waals surface area contributed by atoms with Gasteiger partial charge in [0, 0.05) is 0 Å². The summed E-state index contributed by atoms with van der Waals surface area (Å²) in [5, 5.41) is 0.134. The van der Waals surface area contributed by atoms with Crippen LogP contribution in [0.2, 0.25) is 18.1 Å². The molecule has 0 bridgehead atoms. The predicted octanol–water partition coefficient (Wildman–Crippen LogP) is 5.70. The van der Waals surface area contributed by atoms with Crippen LogP contribution in [0.5, 0.6) is 0 Å². The molecule has 0 spiro atoms. The Kier molecular flexibility index (Phi) is 6.62. The number of benzene rings is 1. The Morgan fingerprint density at radius 1 is 1.06 bits per heavy atom. The third-order valence-electron chi connectivity index (χ3n) is 7.83. The standard InChI is InChI=1S/C24H40O5SSi/c1-18(29-31(7,8)22(2,3)4)23(5)16-14-20(27-23)24(6)17-15-21(28-24)30(25,26)19-12-10-9-11-13-19/h9-13,18,20-21H,14-17H2,1-8H3/t18-,20-,21?,23+,24+/m1/s1. The molecular formula is C24H40O5SSi. The molecule has 0 amide bonds. The molecule has 0 aromatic heterocycles. The molecule has 7 heteroatoms. The molecule has 1 aromatic carbocycles. The molecule has 5 nitrogen and oxygen atoms in total. The van der Waals surface area contributed by atoms with Crippen LogP contribution in [0.1, 0.15) is 67.2 Å². The average molecular weight is 469 g/mol. The van der Waals surface area contributed by atoms with E-state index in [1.165, 1.54) is 0 Å². The van der Waals surface area contributed by atoms with Crippen molar-refractivity contribution in [2.24, 2.45) is 0 Å². The molecule has 2 aliphatic rings. The topological polar surface area (TPSA) is 61.8 Å². The van der Waals surface area contributed by atoms with Crippen molar-refractivity contribution in [2.75, 3.05) is 0 Å². The van der Waals surface area contributed by atoms with Crippen molar-refractivity contribution in [1.29, 1.82) is 0 Å². The molecule has 3 rings (SSSR count). The summed E-state index contributed by atoms with van der Waals surface area (Å²) in [6, 6.07) is 8.58. The lowest BCUT2D eigenvalue weighted by molar-refractivity contribution is -0.159. The van der Waals surface area contributed by atoms with Gasteiger partial charge in [0.1, 0.15) is 0 Å². The first kappa shape index (κ1) is 24.9. The van der Waals surface area contributed by atoms with Gasteiger partial charge >= 0.3 is 0 Å². The van der Waals surface area contributed by atoms with Gasteiger partial charge in [-0.25, -0.2) is 8.42 Å². The van der Waals surface area contributed by atoms with Crippen molar-refractivity contribution < 1.29 is 22.3 Å². The van der Waals surface area contributed by atoms with E-state index < -0.39 is 34.8 Å². The fourth-order valence-electron chi connectivity index (χ4n) is 4.37. The summed E-state index contributed by atoms with van der Waals surface area (Å²) < 4.78 is 45.6. The van der Waals surface area contributed by atoms with E-state index in [0.717, 1.165) is 12.8 Å². The van der Waals surface area contributed by atoms with Gasteiger partial charge in [0.15, 0.2) is 13.8 Å². The Hall–Kier alpha value is -0.733. The first-order chi connectivity index (χ1) is 14.1. The van der Waals surface area contributed by atoms with E-state index >= 15 is 0 Å². The summed E-state index contributed by atoms with van der Waals surface area (Å²) in [4.78, 5) is 0.317. The molecule has 2 fully saturated rings. The van der Waals surface area contributed by atoms with Crippen LogP contribution < -0.4 is 0 Å². The molecule has 176 valence electrons. The van der Waals surface area contributed by atoms with Crippen molar-refractivity contribution in [2.45, 2.75) is 119 Å². The fourth-order valence-corrected chi connectivity index (χ4v) is 7.47. The zero-order valence-electron chi connectivity index (χ0n) is 20.4. The molecule has 1 aromatic rings. The molecule has 0 radical (unpaired) electrons. The molecule has 2 saturated heterocycles. The Labute approximate surface area is 189 Å². The van der Waals surface area contributed by atoms with Crippen molar-refractivity contribution in [3.63, 3.8) is 0 Å². The first-order valence-corrected chi connectivity index (χ1v) is 15.9. The minimum atomic E-state index is -3.52. The van der Waals surface area contributed by atoms with Gasteiger partial charge < -0.3 is 13.9 Å². The van der Waals surface area contributed by atoms with Crippen LogP contribution in [0.25, 0.3) is 0 Å². The Morgan fingerprint density at radius 2 is 1.68 bits per heavy atom. The second-order valence-electron chi connectivity index (χ2n) is 11.2. The second kappa shape index (κ2) is 8.24. The Morgan fingerprint density at radius 3 is 2.26 bits per heavy atom. The monoisotopic (exact) mass is 468 g/mol. The minimum Gasteiger partial charge on any atom is -0.411 e. The Balaban J connectivity index is 1.70. The molecule has 0 N–H and O–H groups in total. The van der Waals surface area contributed by atoms with Crippen molar-refractivity contribution >= 4 is 18.2 Å². The highest BCUT2D eigenvalue weighted by Crippen LogP contribution is 2.47. The third-order valence-corrected chi connectivity index (χ3v) is 14.3. The van der Waals surface area contributed by atoms with E-state index in [9.17, 15) is 8.42 Å². The Bertz CT molecular complexity index is 879. The lowest BCUT2D eigenvalue weighted by Gasteiger charge is -2.43. The zero-order chi connectivity index (χ0) is 23.3. The van der Waals surface area contributed by atoms with Crippen molar-refractivity contribution in [3.05, 3.63) is 30.3 Å². The van der Waals surface area contributed by atoms with Gasteiger partial charge in [0.25, 0.3) is 0 Å².